The van der Waals surface area contributed by atoms with Crippen LogP contribution in [0, 0.1) is 13.8 Å². The molecule has 0 unspecified atom stereocenters. The Balaban J connectivity index is 1.55. The number of rotatable bonds is 6. The Kier molecular flexibility index (Phi) is 5.23. The molecule has 0 atom stereocenters. The SMILES string of the molecule is Cc1ccc(CNC(=O)CSc2nnc(-c3ccoc3C)n2C)cc1. The van der Waals surface area contributed by atoms with Gasteiger partial charge in [-0.15, -0.1) is 10.2 Å². The number of carbonyl (C=O) groups excluding carboxylic acids is 1. The molecule has 0 radical (unpaired) electrons. The van der Waals surface area contributed by atoms with Crippen LogP contribution >= 0.6 is 11.8 Å². The van der Waals surface area contributed by atoms with Crippen molar-refractivity contribution in [2.75, 3.05) is 5.75 Å². The van der Waals surface area contributed by atoms with Crippen LogP contribution in [0.25, 0.3) is 11.4 Å². The first-order valence-electron chi connectivity index (χ1n) is 7.93. The third-order valence-corrected chi connectivity index (χ3v) is 4.90. The Morgan fingerprint density at radius 1 is 1.20 bits per heavy atom. The van der Waals surface area contributed by atoms with Crippen LogP contribution in [0.15, 0.2) is 46.2 Å². The second-order valence-corrected chi connectivity index (χ2v) is 6.75. The Morgan fingerprint density at radius 3 is 2.64 bits per heavy atom. The number of amides is 1. The van der Waals surface area contributed by atoms with Crippen LogP contribution in [0.4, 0.5) is 0 Å². The van der Waals surface area contributed by atoms with Crippen LogP contribution in [0.3, 0.4) is 0 Å². The summed E-state index contributed by atoms with van der Waals surface area (Å²) in [5.41, 5.74) is 3.20. The molecule has 0 aliphatic carbocycles. The van der Waals surface area contributed by atoms with Gasteiger partial charge in [0.25, 0.3) is 0 Å². The van der Waals surface area contributed by atoms with Gasteiger partial charge in [-0.2, -0.15) is 0 Å². The lowest BCUT2D eigenvalue weighted by molar-refractivity contribution is -0.118. The van der Waals surface area contributed by atoms with Gasteiger partial charge >= 0.3 is 0 Å². The highest BCUT2D eigenvalue weighted by Crippen LogP contribution is 2.25. The fourth-order valence-electron chi connectivity index (χ4n) is 2.38. The van der Waals surface area contributed by atoms with Crippen LogP contribution in [-0.4, -0.2) is 26.4 Å². The van der Waals surface area contributed by atoms with Crippen molar-refractivity contribution in [3.63, 3.8) is 0 Å². The van der Waals surface area contributed by atoms with E-state index in [1.807, 2.05) is 55.8 Å². The minimum absolute atomic E-state index is 0.0328. The van der Waals surface area contributed by atoms with Gasteiger partial charge in [-0.05, 0) is 25.5 Å². The van der Waals surface area contributed by atoms with Gasteiger partial charge in [-0.25, -0.2) is 0 Å². The fraction of sp³-hybridized carbons (Fsp3) is 0.278. The fourth-order valence-corrected chi connectivity index (χ4v) is 3.12. The normalized spacial score (nSPS) is 10.8. The zero-order valence-electron chi connectivity index (χ0n) is 14.4. The molecule has 0 spiro atoms. The standard InChI is InChI=1S/C18H20N4O2S/c1-12-4-6-14(7-5-12)10-19-16(23)11-25-18-21-20-17(22(18)3)15-8-9-24-13(15)2/h4-9H,10-11H2,1-3H3,(H,19,23). The van der Waals surface area contributed by atoms with Crippen molar-refractivity contribution in [1.82, 2.24) is 20.1 Å². The van der Waals surface area contributed by atoms with Gasteiger partial charge in [-0.3, -0.25) is 4.79 Å². The van der Waals surface area contributed by atoms with E-state index in [4.69, 9.17) is 4.42 Å². The Morgan fingerprint density at radius 2 is 1.96 bits per heavy atom. The predicted molar refractivity (Wildman–Crippen MR) is 97.2 cm³/mol. The van der Waals surface area contributed by atoms with E-state index in [1.165, 1.54) is 17.3 Å². The molecule has 0 fully saturated rings. The molecule has 1 amide bonds. The van der Waals surface area contributed by atoms with E-state index < -0.39 is 0 Å². The average Bonchev–Trinajstić information content (AvgIpc) is 3.18. The second-order valence-electron chi connectivity index (χ2n) is 5.81. The van der Waals surface area contributed by atoms with Crippen LogP contribution in [-0.2, 0) is 18.4 Å². The first-order valence-corrected chi connectivity index (χ1v) is 8.92. The number of aryl methyl sites for hydroxylation is 2. The molecule has 2 aromatic heterocycles. The Labute approximate surface area is 150 Å². The highest BCUT2D eigenvalue weighted by atomic mass is 32.2. The Bertz CT molecular complexity index is 868. The van der Waals surface area contributed by atoms with E-state index in [1.54, 1.807) is 6.26 Å². The first-order chi connectivity index (χ1) is 12.0. The van der Waals surface area contributed by atoms with Gasteiger partial charge in [0.2, 0.25) is 5.91 Å². The summed E-state index contributed by atoms with van der Waals surface area (Å²) in [6.07, 6.45) is 1.63. The van der Waals surface area contributed by atoms with Crippen molar-refractivity contribution in [2.45, 2.75) is 25.5 Å². The lowest BCUT2D eigenvalue weighted by atomic mass is 10.1. The summed E-state index contributed by atoms with van der Waals surface area (Å²) in [4.78, 5) is 12.1. The predicted octanol–water partition coefficient (Wildman–Crippen LogP) is 3.10. The first kappa shape index (κ1) is 17.3. The van der Waals surface area contributed by atoms with Gasteiger partial charge in [0, 0.05) is 13.6 Å². The van der Waals surface area contributed by atoms with Gasteiger partial charge in [-0.1, -0.05) is 41.6 Å². The number of nitrogens with one attached hydrogen (secondary N) is 1. The van der Waals surface area contributed by atoms with Crippen molar-refractivity contribution in [3.8, 4) is 11.4 Å². The summed E-state index contributed by atoms with van der Waals surface area (Å²) in [6.45, 7) is 4.45. The highest BCUT2D eigenvalue weighted by molar-refractivity contribution is 7.99. The van der Waals surface area contributed by atoms with Crippen LogP contribution in [0.2, 0.25) is 0 Å². The van der Waals surface area contributed by atoms with E-state index in [0.29, 0.717) is 17.5 Å². The molecule has 130 valence electrons. The molecule has 7 heteroatoms. The van der Waals surface area contributed by atoms with Crippen LogP contribution in [0.1, 0.15) is 16.9 Å². The minimum atomic E-state index is -0.0328. The molecule has 3 rings (SSSR count). The largest absolute Gasteiger partial charge is 0.469 e. The Hall–Kier alpha value is -2.54. The lowest BCUT2D eigenvalue weighted by Gasteiger charge is -2.06. The monoisotopic (exact) mass is 356 g/mol. The lowest BCUT2D eigenvalue weighted by Crippen LogP contribution is -2.24. The number of carbonyl (C=O) groups is 1. The molecule has 25 heavy (non-hydrogen) atoms. The van der Waals surface area contributed by atoms with Crippen molar-refractivity contribution in [2.24, 2.45) is 7.05 Å². The van der Waals surface area contributed by atoms with Crippen molar-refractivity contribution in [3.05, 3.63) is 53.5 Å². The molecule has 0 saturated carbocycles. The second kappa shape index (κ2) is 7.57. The maximum Gasteiger partial charge on any atom is 0.230 e. The van der Waals surface area contributed by atoms with Gasteiger partial charge in [0.1, 0.15) is 5.76 Å². The van der Waals surface area contributed by atoms with E-state index in [2.05, 4.69) is 15.5 Å². The van der Waals surface area contributed by atoms with E-state index >= 15 is 0 Å². The van der Waals surface area contributed by atoms with Crippen molar-refractivity contribution < 1.29 is 9.21 Å². The quantitative estimate of drug-likeness (QED) is 0.687. The molecular formula is C18H20N4O2S. The average molecular weight is 356 g/mol. The summed E-state index contributed by atoms with van der Waals surface area (Å²) >= 11 is 1.36. The zero-order valence-corrected chi connectivity index (χ0v) is 15.3. The minimum Gasteiger partial charge on any atom is -0.469 e. The number of nitrogens with zero attached hydrogens (tertiary/aromatic N) is 3. The molecular weight excluding hydrogens is 336 g/mol. The zero-order chi connectivity index (χ0) is 17.8. The summed E-state index contributed by atoms with van der Waals surface area (Å²) in [6, 6.07) is 9.97. The van der Waals surface area contributed by atoms with Crippen molar-refractivity contribution in [1.29, 1.82) is 0 Å². The summed E-state index contributed by atoms with van der Waals surface area (Å²) in [5.74, 6) is 1.79. The third kappa shape index (κ3) is 4.11. The van der Waals surface area contributed by atoms with Crippen molar-refractivity contribution >= 4 is 17.7 Å². The molecule has 0 bridgehead atoms. The number of hydrogen-bond acceptors (Lipinski definition) is 5. The number of benzene rings is 1. The molecule has 6 nitrogen and oxygen atoms in total. The smallest absolute Gasteiger partial charge is 0.230 e. The molecule has 1 aromatic carbocycles. The summed E-state index contributed by atoms with van der Waals surface area (Å²) < 4.78 is 7.18. The van der Waals surface area contributed by atoms with E-state index in [-0.39, 0.29) is 5.91 Å². The molecule has 0 saturated heterocycles. The maximum absolute atomic E-state index is 12.1. The maximum atomic E-state index is 12.1. The summed E-state index contributed by atoms with van der Waals surface area (Å²) in [5, 5.41) is 12.0. The molecule has 2 heterocycles. The van der Waals surface area contributed by atoms with Gasteiger partial charge in [0.05, 0.1) is 17.6 Å². The summed E-state index contributed by atoms with van der Waals surface area (Å²) in [7, 11) is 1.88. The van der Waals surface area contributed by atoms with Crippen LogP contribution < -0.4 is 5.32 Å². The topological polar surface area (TPSA) is 73.0 Å². The highest BCUT2D eigenvalue weighted by Gasteiger charge is 2.15. The molecule has 0 aliphatic heterocycles. The van der Waals surface area contributed by atoms with Gasteiger partial charge in [0.15, 0.2) is 11.0 Å². The third-order valence-electron chi connectivity index (χ3n) is 3.88. The number of furan rings is 1. The molecule has 1 N–H and O–H groups in total. The van der Waals surface area contributed by atoms with Crippen LogP contribution in [0.5, 0.6) is 0 Å². The van der Waals surface area contributed by atoms with E-state index in [9.17, 15) is 4.79 Å². The van der Waals surface area contributed by atoms with E-state index in [0.717, 1.165) is 22.7 Å². The number of aromatic nitrogens is 3. The van der Waals surface area contributed by atoms with Gasteiger partial charge < -0.3 is 14.3 Å². The molecule has 0 aliphatic rings. The number of hydrogen-bond donors (Lipinski definition) is 1. The molecule has 3 aromatic rings. The number of thioether (sulfide) groups is 1.